The minimum absolute atomic E-state index is 0. The molecule has 0 fully saturated rings. The summed E-state index contributed by atoms with van der Waals surface area (Å²) in [4.78, 5) is 11.8. The van der Waals surface area contributed by atoms with Crippen molar-refractivity contribution >= 4 is 11.5 Å². The fourth-order valence-electron chi connectivity index (χ4n) is 1.49. The van der Waals surface area contributed by atoms with E-state index < -0.39 is 0 Å². The molecule has 0 amide bonds. The number of carbonyl (C=O) groups excluding carboxylic acids is 1. The molecule has 0 spiro atoms. The summed E-state index contributed by atoms with van der Waals surface area (Å²) in [5.41, 5.74) is 1.05. The van der Waals surface area contributed by atoms with E-state index in [0.717, 1.165) is 6.08 Å². The summed E-state index contributed by atoms with van der Waals surface area (Å²) < 4.78 is 15.0. The second kappa shape index (κ2) is 13.7. The third-order valence-electron chi connectivity index (χ3n) is 2.38. The molecule has 2 aromatic carbocycles. The summed E-state index contributed by atoms with van der Waals surface area (Å²) in [6, 6.07) is 17.5. The van der Waals surface area contributed by atoms with Crippen LogP contribution in [0.15, 0.2) is 66.7 Å². The summed E-state index contributed by atoms with van der Waals surface area (Å²) >= 11 is 0. The number of hydrogen-bond acceptors (Lipinski definition) is 2. The maximum Gasteiger partial charge on any atom is 0 e. The molecule has 113 valence electrons. The van der Waals surface area contributed by atoms with Crippen LogP contribution in [0.3, 0.4) is 0 Å². The largest absolute Gasteiger partial charge is 0 e. The molecule has 0 aromatic heterocycles. The molecule has 2 aromatic rings. The Hall–Kier alpha value is -2.22. The minimum Gasteiger partial charge on any atom is 0 e. The van der Waals surface area contributed by atoms with Gasteiger partial charge < -0.3 is 5.11 Å². The third kappa shape index (κ3) is 7.53. The molecule has 0 bridgehead atoms. The van der Waals surface area contributed by atoms with E-state index >= 15 is 0 Å². The molecular weight excluding hydrogens is 460 g/mol. The first-order valence-electron chi connectivity index (χ1n) is 5.72. The van der Waals surface area contributed by atoms with Gasteiger partial charge in [0.15, 0.2) is 5.78 Å². The van der Waals surface area contributed by atoms with E-state index in [0.29, 0.717) is 11.1 Å². The van der Waals surface area contributed by atoms with Crippen molar-refractivity contribution in [2.45, 2.75) is 0 Å². The van der Waals surface area contributed by atoms with Gasteiger partial charge in [-0.15, -0.1) is 0 Å². The third-order valence-corrected chi connectivity index (χ3v) is 2.38. The van der Waals surface area contributed by atoms with Gasteiger partial charge in [-0.05, 0) is 11.6 Å². The van der Waals surface area contributed by atoms with Gasteiger partial charge in [0.2, 0.25) is 0 Å². The molecule has 0 aliphatic rings. The van der Waals surface area contributed by atoms with Gasteiger partial charge in [0.25, 0.3) is 0 Å². The zero-order valence-electron chi connectivity index (χ0n) is 11.3. The maximum atomic E-state index is 11.8. The van der Waals surface area contributed by atoms with E-state index in [2.05, 4.69) is 13.3 Å². The van der Waals surface area contributed by atoms with E-state index in [9.17, 15) is 9.90 Å². The average molecular weight is 471 g/mol. The van der Waals surface area contributed by atoms with Gasteiger partial charge in [-0.2, -0.15) is 0 Å². The van der Waals surface area contributed by atoms with Crippen molar-refractivity contribution < 1.29 is 39.3 Å². The van der Waals surface area contributed by atoms with Crippen LogP contribution in [0.1, 0.15) is 15.9 Å². The standard InChI is InChI=1S/C15H12O2.2CO.Ir/c16-14(12-7-3-1-4-8-12)11-15(17)13-9-5-2-6-10-13;2*1-2;/h1-11,16H;;;/p-1/b14-11-;;;. The molecule has 2 rings (SSSR count). The van der Waals surface area contributed by atoms with Crippen LogP contribution in [-0.2, 0) is 29.4 Å². The van der Waals surface area contributed by atoms with E-state index in [-0.39, 0.29) is 31.6 Å². The summed E-state index contributed by atoms with van der Waals surface area (Å²) in [6.07, 6.45) is 1.13. The topological polar surface area (TPSA) is 79.9 Å². The monoisotopic (exact) mass is 472 g/mol. The van der Waals surface area contributed by atoms with Crippen molar-refractivity contribution in [3.63, 3.8) is 0 Å². The molecule has 0 saturated carbocycles. The van der Waals surface area contributed by atoms with Crippen molar-refractivity contribution in [1.82, 2.24) is 0 Å². The van der Waals surface area contributed by atoms with Gasteiger partial charge in [-0.25, -0.2) is 0 Å². The van der Waals surface area contributed by atoms with Crippen LogP contribution in [0.25, 0.3) is 5.76 Å². The van der Waals surface area contributed by atoms with Crippen molar-refractivity contribution in [3.05, 3.63) is 91.2 Å². The van der Waals surface area contributed by atoms with Crippen LogP contribution < -0.4 is 5.11 Å². The Balaban J connectivity index is 0. The van der Waals surface area contributed by atoms with Gasteiger partial charge >= 0.3 is 22.6 Å². The minimum atomic E-state index is -0.264. The number of allylic oxidation sites excluding steroid dienone is 1. The number of carbonyl (C=O) groups is 1. The molecular formula is C17H11IrO4-. The molecule has 5 heteroatoms. The molecule has 0 N–H and O–H groups in total. The quantitative estimate of drug-likeness (QED) is 0.226. The Kier molecular flexibility index (Phi) is 13.8. The van der Waals surface area contributed by atoms with Crippen LogP contribution in [0, 0.1) is 13.3 Å². The van der Waals surface area contributed by atoms with Gasteiger partial charge in [0, 0.05) is 25.7 Å². The zero-order chi connectivity index (χ0) is 16.1. The first-order chi connectivity index (χ1) is 10.3. The number of rotatable bonds is 3. The van der Waals surface area contributed by atoms with Crippen LogP contribution in [0.5, 0.6) is 0 Å². The molecule has 0 aliphatic carbocycles. The van der Waals surface area contributed by atoms with E-state index in [1.54, 1.807) is 48.5 Å². The second-order valence-corrected chi connectivity index (χ2v) is 3.60. The molecule has 0 atom stereocenters. The summed E-state index contributed by atoms with van der Waals surface area (Å²) in [5.74, 6) is -0.529. The molecule has 0 unspecified atom stereocenters. The van der Waals surface area contributed by atoms with Gasteiger partial charge in [-0.3, -0.25) is 4.79 Å². The summed E-state index contributed by atoms with van der Waals surface area (Å²) in [5, 5.41) is 11.8. The van der Waals surface area contributed by atoms with Gasteiger partial charge in [0.05, 0.1) is 0 Å². The van der Waals surface area contributed by atoms with Gasteiger partial charge in [-0.1, -0.05) is 66.4 Å². The van der Waals surface area contributed by atoms with E-state index in [1.165, 1.54) is 0 Å². The maximum absolute atomic E-state index is 11.8. The van der Waals surface area contributed by atoms with Gasteiger partial charge in [0.1, 0.15) is 0 Å². The van der Waals surface area contributed by atoms with Crippen LogP contribution in [-0.4, -0.2) is 5.78 Å². The number of ketones is 1. The van der Waals surface area contributed by atoms with Crippen molar-refractivity contribution in [2.75, 3.05) is 0 Å². The molecule has 0 saturated heterocycles. The van der Waals surface area contributed by atoms with E-state index in [4.69, 9.17) is 9.30 Å². The van der Waals surface area contributed by atoms with Crippen LogP contribution >= 0.6 is 0 Å². The molecule has 22 heavy (non-hydrogen) atoms. The Morgan fingerprint density at radius 1 is 0.818 bits per heavy atom. The second-order valence-electron chi connectivity index (χ2n) is 3.60. The fourth-order valence-corrected chi connectivity index (χ4v) is 1.49. The fraction of sp³-hybridized carbons (Fsp3) is 0. The average Bonchev–Trinajstić information content (AvgIpc) is 2.60. The predicted molar refractivity (Wildman–Crippen MR) is 73.1 cm³/mol. The van der Waals surface area contributed by atoms with Crippen LogP contribution in [0.4, 0.5) is 0 Å². The summed E-state index contributed by atoms with van der Waals surface area (Å²) in [6.45, 7) is 9.00. The Morgan fingerprint density at radius 3 is 1.59 bits per heavy atom. The first kappa shape index (κ1) is 22.1. The summed E-state index contributed by atoms with van der Waals surface area (Å²) in [7, 11) is 0. The molecule has 0 aliphatic heterocycles. The smallest absolute Gasteiger partial charge is 0 e. The van der Waals surface area contributed by atoms with Crippen LogP contribution in [0.2, 0.25) is 0 Å². The number of benzene rings is 2. The molecule has 1 radical (unpaired) electrons. The number of hydrogen-bond donors (Lipinski definition) is 0. The van der Waals surface area contributed by atoms with E-state index in [1.807, 2.05) is 12.1 Å². The molecule has 4 nitrogen and oxygen atoms in total. The van der Waals surface area contributed by atoms with Crippen molar-refractivity contribution in [1.29, 1.82) is 0 Å². The first-order valence-corrected chi connectivity index (χ1v) is 5.72. The Labute approximate surface area is 142 Å². The zero-order valence-corrected chi connectivity index (χ0v) is 13.7. The predicted octanol–water partition coefficient (Wildman–Crippen LogP) is 2.19. The Bertz CT molecular complexity index is 610. The Morgan fingerprint density at radius 2 is 1.18 bits per heavy atom. The molecule has 0 heterocycles. The normalized spacial score (nSPS) is 8.82. The SMILES string of the molecule is O=C(/C=C(\[O-])c1ccccc1)c1ccccc1.[C-]#[O+].[C-]#[O+].[Ir]. The van der Waals surface area contributed by atoms with Crippen molar-refractivity contribution in [3.8, 4) is 0 Å². The van der Waals surface area contributed by atoms with Crippen molar-refractivity contribution in [2.24, 2.45) is 0 Å².